The van der Waals surface area contributed by atoms with Crippen LogP contribution in [-0.2, 0) is 9.53 Å². The van der Waals surface area contributed by atoms with E-state index >= 15 is 0 Å². The number of aryl methyl sites for hydroxylation is 2. The Morgan fingerprint density at radius 3 is 2.50 bits per heavy atom. The summed E-state index contributed by atoms with van der Waals surface area (Å²) in [5.41, 5.74) is 3.45. The number of nitrogens with one attached hydrogen (secondary N) is 1. The maximum atomic E-state index is 12.3. The van der Waals surface area contributed by atoms with Crippen molar-refractivity contribution in [2.75, 3.05) is 6.61 Å². The summed E-state index contributed by atoms with van der Waals surface area (Å²) in [6, 6.07) is 15.0. The number of rotatable bonds is 5. The Hall–Kier alpha value is -3.08. The predicted octanol–water partition coefficient (Wildman–Crippen LogP) is 4.08. The van der Waals surface area contributed by atoms with Crippen molar-refractivity contribution in [3.8, 4) is 0 Å². The molecule has 0 saturated heterocycles. The molecule has 3 aromatic rings. The van der Waals surface area contributed by atoms with E-state index in [9.17, 15) is 9.59 Å². The maximum absolute atomic E-state index is 12.3. The third kappa shape index (κ3) is 3.61. The van der Waals surface area contributed by atoms with Crippen LogP contribution in [0.3, 0.4) is 0 Å². The Labute approximate surface area is 152 Å². The van der Waals surface area contributed by atoms with Gasteiger partial charge in [-0.1, -0.05) is 42.5 Å². The zero-order valence-corrected chi connectivity index (χ0v) is 15.0. The van der Waals surface area contributed by atoms with Gasteiger partial charge in [-0.2, -0.15) is 0 Å². The predicted molar refractivity (Wildman–Crippen MR) is 99.0 cm³/mol. The largest absolute Gasteiger partial charge is 0.450 e. The van der Waals surface area contributed by atoms with Crippen LogP contribution in [0.1, 0.15) is 40.2 Å². The lowest BCUT2D eigenvalue weighted by Gasteiger charge is -2.16. The highest BCUT2D eigenvalue weighted by molar-refractivity contribution is 5.96. The molecule has 5 nitrogen and oxygen atoms in total. The lowest BCUT2D eigenvalue weighted by molar-refractivity contribution is -0.124. The molecule has 0 aliphatic carbocycles. The van der Waals surface area contributed by atoms with Crippen LogP contribution in [-0.4, -0.2) is 18.5 Å². The van der Waals surface area contributed by atoms with E-state index in [1.54, 1.807) is 13.0 Å². The minimum atomic E-state index is -0.641. The molecule has 0 radical (unpaired) electrons. The van der Waals surface area contributed by atoms with Gasteiger partial charge in [-0.25, -0.2) is 4.79 Å². The van der Waals surface area contributed by atoms with E-state index in [1.165, 1.54) is 0 Å². The average Bonchev–Trinajstić information content (AvgIpc) is 2.97. The van der Waals surface area contributed by atoms with E-state index in [0.717, 1.165) is 16.5 Å². The van der Waals surface area contributed by atoms with Crippen molar-refractivity contribution in [3.05, 3.63) is 71.0 Å². The fraction of sp³-hybridized carbons (Fsp3) is 0.238. The molecular weight excluding hydrogens is 330 g/mol. The lowest BCUT2D eigenvalue weighted by Crippen LogP contribution is -2.31. The second kappa shape index (κ2) is 7.44. The van der Waals surface area contributed by atoms with Crippen LogP contribution in [0.25, 0.3) is 11.0 Å². The number of benzene rings is 2. The molecule has 0 saturated carbocycles. The average molecular weight is 351 g/mol. The summed E-state index contributed by atoms with van der Waals surface area (Å²) >= 11 is 0. The van der Waals surface area contributed by atoms with E-state index in [-0.39, 0.29) is 24.3 Å². The van der Waals surface area contributed by atoms with E-state index in [2.05, 4.69) is 5.32 Å². The van der Waals surface area contributed by atoms with Crippen LogP contribution in [0, 0.1) is 13.8 Å². The molecule has 1 aromatic heterocycles. The van der Waals surface area contributed by atoms with Gasteiger partial charge in [-0.3, -0.25) is 4.79 Å². The Morgan fingerprint density at radius 2 is 1.77 bits per heavy atom. The second-order valence-electron chi connectivity index (χ2n) is 6.27. The number of amides is 1. The SMILES string of the molecule is Cc1ccccc1C(C)NC(=O)COC(=O)c1oc2ccccc2c1C. The molecule has 1 amide bonds. The third-order valence-electron chi connectivity index (χ3n) is 4.40. The molecule has 3 rings (SSSR count). The van der Waals surface area contributed by atoms with Gasteiger partial charge in [-0.15, -0.1) is 0 Å². The van der Waals surface area contributed by atoms with Gasteiger partial charge in [0, 0.05) is 10.9 Å². The smallest absolute Gasteiger partial charge is 0.375 e. The third-order valence-corrected chi connectivity index (χ3v) is 4.40. The molecule has 0 aliphatic rings. The zero-order valence-electron chi connectivity index (χ0n) is 15.0. The van der Waals surface area contributed by atoms with Gasteiger partial charge in [0.05, 0.1) is 6.04 Å². The molecule has 0 bridgehead atoms. The summed E-state index contributed by atoms with van der Waals surface area (Å²) in [5.74, 6) is -0.869. The highest BCUT2D eigenvalue weighted by Crippen LogP contribution is 2.25. The molecule has 0 spiro atoms. The van der Waals surface area contributed by atoms with Crippen molar-refractivity contribution >= 4 is 22.8 Å². The number of hydrogen-bond acceptors (Lipinski definition) is 4. The molecule has 2 aromatic carbocycles. The molecule has 1 heterocycles. The van der Waals surface area contributed by atoms with Crippen molar-refractivity contribution in [2.45, 2.75) is 26.8 Å². The highest BCUT2D eigenvalue weighted by Gasteiger charge is 2.20. The Morgan fingerprint density at radius 1 is 1.08 bits per heavy atom. The fourth-order valence-corrected chi connectivity index (χ4v) is 3.00. The number of esters is 1. The van der Waals surface area contributed by atoms with E-state index in [4.69, 9.17) is 9.15 Å². The first-order valence-electron chi connectivity index (χ1n) is 8.47. The molecule has 0 aliphatic heterocycles. The Kier molecular flexibility index (Phi) is 5.07. The van der Waals surface area contributed by atoms with E-state index in [1.807, 2.05) is 56.3 Å². The number of fused-ring (bicyclic) bond motifs is 1. The molecular formula is C21H21NO4. The summed E-state index contributed by atoms with van der Waals surface area (Å²) in [7, 11) is 0. The summed E-state index contributed by atoms with van der Waals surface area (Å²) < 4.78 is 10.7. The highest BCUT2D eigenvalue weighted by atomic mass is 16.5. The molecule has 0 fully saturated rings. The molecule has 134 valence electrons. The normalized spacial score (nSPS) is 12.0. The molecule has 1 atom stereocenters. The first-order chi connectivity index (χ1) is 12.5. The van der Waals surface area contributed by atoms with E-state index < -0.39 is 5.97 Å². The molecule has 1 N–H and O–H groups in total. The fourth-order valence-electron chi connectivity index (χ4n) is 3.00. The maximum Gasteiger partial charge on any atom is 0.375 e. The van der Waals surface area contributed by atoms with Crippen molar-refractivity contribution < 1.29 is 18.7 Å². The number of carbonyl (C=O) groups is 2. The van der Waals surface area contributed by atoms with Crippen LogP contribution in [0.5, 0.6) is 0 Å². The van der Waals surface area contributed by atoms with Crippen molar-refractivity contribution in [3.63, 3.8) is 0 Å². The van der Waals surface area contributed by atoms with Crippen LogP contribution in [0.4, 0.5) is 0 Å². The number of carbonyl (C=O) groups excluding carboxylic acids is 2. The summed E-state index contributed by atoms with van der Waals surface area (Å²) in [4.78, 5) is 24.4. The summed E-state index contributed by atoms with van der Waals surface area (Å²) in [6.07, 6.45) is 0. The zero-order chi connectivity index (χ0) is 18.7. The van der Waals surface area contributed by atoms with Gasteiger partial charge in [-0.05, 0) is 38.0 Å². The van der Waals surface area contributed by atoms with E-state index in [0.29, 0.717) is 11.1 Å². The minimum absolute atomic E-state index is 0.131. The molecule has 1 unspecified atom stereocenters. The van der Waals surface area contributed by atoms with Crippen LogP contribution >= 0.6 is 0 Å². The minimum Gasteiger partial charge on any atom is -0.450 e. The molecule has 5 heteroatoms. The van der Waals surface area contributed by atoms with Crippen molar-refractivity contribution in [2.24, 2.45) is 0 Å². The summed E-state index contributed by atoms with van der Waals surface area (Å²) in [6.45, 7) is 5.32. The van der Waals surface area contributed by atoms with Crippen LogP contribution < -0.4 is 5.32 Å². The lowest BCUT2D eigenvalue weighted by atomic mass is 10.0. The Bertz CT molecular complexity index is 958. The first-order valence-corrected chi connectivity index (χ1v) is 8.47. The number of ether oxygens (including phenoxy) is 1. The van der Waals surface area contributed by atoms with Gasteiger partial charge in [0.2, 0.25) is 5.76 Å². The van der Waals surface area contributed by atoms with Crippen LogP contribution in [0.15, 0.2) is 52.9 Å². The topological polar surface area (TPSA) is 68.5 Å². The molecule has 26 heavy (non-hydrogen) atoms. The standard InChI is InChI=1S/C21H21NO4/c1-13-8-4-5-9-16(13)15(3)22-19(23)12-25-21(24)20-14(2)17-10-6-7-11-18(17)26-20/h4-11,15H,12H2,1-3H3,(H,22,23). The van der Waals surface area contributed by atoms with Gasteiger partial charge in [0.1, 0.15) is 5.58 Å². The first kappa shape index (κ1) is 17.7. The van der Waals surface area contributed by atoms with Gasteiger partial charge in [0.25, 0.3) is 5.91 Å². The number of para-hydroxylation sites is 1. The number of hydrogen-bond donors (Lipinski definition) is 1. The van der Waals surface area contributed by atoms with Crippen molar-refractivity contribution in [1.82, 2.24) is 5.32 Å². The van der Waals surface area contributed by atoms with Gasteiger partial charge in [0.15, 0.2) is 6.61 Å². The Balaban J connectivity index is 1.61. The van der Waals surface area contributed by atoms with Crippen LogP contribution in [0.2, 0.25) is 0 Å². The number of furan rings is 1. The quantitative estimate of drug-likeness (QED) is 0.703. The van der Waals surface area contributed by atoms with Crippen molar-refractivity contribution in [1.29, 1.82) is 0 Å². The second-order valence-corrected chi connectivity index (χ2v) is 6.27. The van der Waals surface area contributed by atoms with Gasteiger partial charge >= 0.3 is 5.97 Å². The van der Waals surface area contributed by atoms with Gasteiger partial charge < -0.3 is 14.5 Å². The monoisotopic (exact) mass is 351 g/mol. The summed E-state index contributed by atoms with van der Waals surface area (Å²) in [5, 5.41) is 3.70.